The standard InChI is InChI=1S/C30H39N3O4/c1-20-27(32-29(34)21-6-9-25(10-7-21)37-19-26-5-4-16-36-26)11-8-22-17-24(33(3)28(20)22)18-31-23-12-14-30(2,35)15-13-23/h6-11,17,23,26,31,35H,4-5,12-16,18-19H2,1-3H3,(H,32,34)/t23-,26-,30-/m0/s1. The largest absolute Gasteiger partial charge is 0.491 e. The Morgan fingerprint density at radius 2 is 1.92 bits per heavy atom. The predicted octanol–water partition coefficient (Wildman–Crippen LogP) is 5.08. The van der Waals surface area contributed by atoms with Gasteiger partial charge in [0.05, 0.1) is 17.2 Å². The number of rotatable bonds is 8. The van der Waals surface area contributed by atoms with Crippen LogP contribution in [0.5, 0.6) is 5.75 Å². The van der Waals surface area contributed by atoms with Crippen LogP contribution >= 0.6 is 0 Å². The summed E-state index contributed by atoms with van der Waals surface area (Å²) in [6.07, 6.45) is 5.96. The predicted molar refractivity (Wildman–Crippen MR) is 146 cm³/mol. The molecule has 2 heterocycles. The van der Waals surface area contributed by atoms with Gasteiger partial charge in [0.25, 0.3) is 5.91 Å². The average molecular weight is 506 g/mol. The summed E-state index contributed by atoms with van der Waals surface area (Å²) in [5.74, 6) is 0.602. The van der Waals surface area contributed by atoms with Crippen LogP contribution in [0.1, 0.15) is 67.1 Å². The topological polar surface area (TPSA) is 84.8 Å². The van der Waals surface area contributed by atoms with Gasteiger partial charge in [-0.1, -0.05) is 6.07 Å². The fourth-order valence-corrected chi connectivity index (χ4v) is 5.56. The third-order valence-electron chi connectivity index (χ3n) is 8.01. The maximum absolute atomic E-state index is 13.0. The Balaban J connectivity index is 1.22. The zero-order chi connectivity index (χ0) is 26.0. The van der Waals surface area contributed by atoms with Crippen LogP contribution in [0.3, 0.4) is 0 Å². The lowest BCUT2D eigenvalue weighted by molar-refractivity contribution is 0.0139. The molecule has 3 N–H and O–H groups in total. The van der Waals surface area contributed by atoms with E-state index in [-0.39, 0.29) is 12.0 Å². The number of hydrogen-bond acceptors (Lipinski definition) is 5. The second kappa shape index (κ2) is 10.9. The average Bonchev–Trinajstić information content (AvgIpc) is 3.52. The number of nitrogens with one attached hydrogen (secondary N) is 2. The molecule has 1 aliphatic heterocycles. The van der Waals surface area contributed by atoms with Crippen LogP contribution in [0.2, 0.25) is 0 Å². The summed E-state index contributed by atoms with van der Waals surface area (Å²) in [6, 6.07) is 14.0. The van der Waals surface area contributed by atoms with Crippen LogP contribution in [0.4, 0.5) is 5.69 Å². The van der Waals surface area contributed by atoms with E-state index in [0.29, 0.717) is 18.2 Å². The van der Waals surface area contributed by atoms with Crippen molar-refractivity contribution < 1.29 is 19.4 Å². The molecular weight excluding hydrogens is 466 g/mol. The van der Waals surface area contributed by atoms with E-state index in [9.17, 15) is 9.90 Å². The fraction of sp³-hybridized carbons (Fsp3) is 0.500. The van der Waals surface area contributed by atoms with E-state index >= 15 is 0 Å². The number of nitrogens with zero attached hydrogens (tertiary/aromatic N) is 1. The molecule has 0 radical (unpaired) electrons. The molecule has 1 saturated carbocycles. The van der Waals surface area contributed by atoms with Gasteiger partial charge >= 0.3 is 0 Å². The highest BCUT2D eigenvalue weighted by Crippen LogP contribution is 2.30. The number of aryl methyl sites for hydroxylation is 2. The first kappa shape index (κ1) is 25.8. The maximum atomic E-state index is 13.0. The van der Waals surface area contributed by atoms with Crippen molar-refractivity contribution in [1.29, 1.82) is 0 Å². The quantitative estimate of drug-likeness (QED) is 0.398. The normalized spacial score (nSPS) is 23.9. The molecule has 2 aromatic carbocycles. The molecule has 2 aliphatic rings. The number of amides is 1. The molecule has 0 unspecified atom stereocenters. The summed E-state index contributed by atoms with van der Waals surface area (Å²) in [6.45, 7) is 6.12. The van der Waals surface area contributed by atoms with Gasteiger partial charge in [0, 0.05) is 48.6 Å². The summed E-state index contributed by atoms with van der Waals surface area (Å²) in [5.41, 5.74) is 4.26. The summed E-state index contributed by atoms with van der Waals surface area (Å²) >= 11 is 0. The zero-order valence-corrected chi connectivity index (χ0v) is 22.2. The van der Waals surface area contributed by atoms with Crippen LogP contribution in [-0.2, 0) is 18.3 Å². The molecule has 3 aromatic rings. The van der Waals surface area contributed by atoms with Crippen molar-refractivity contribution in [1.82, 2.24) is 9.88 Å². The molecule has 1 atom stereocenters. The van der Waals surface area contributed by atoms with E-state index in [1.807, 2.05) is 25.1 Å². The molecule has 1 aliphatic carbocycles. The van der Waals surface area contributed by atoms with Gasteiger partial charge in [-0.05, 0) is 94.3 Å². The Hall–Kier alpha value is -2.87. The van der Waals surface area contributed by atoms with E-state index in [2.05, 4.69) is 41.3 Å². The lowest BCUT2D eigenvalue weighted by atomic mass is 9.84. The lowest BCUT2D eigenvalue weighted by Crippen LogP contribution is -2.39. The molecule has 0 spiro atoms. The number of benzene rings is 2. The van der Waals surface area contributed by atoms with Crippen LogP contribution in [-0.4, -0.2) is 46.5 Å². The first-order valence-electron chi connectivity index (χ1n) is 13.5. The van der Waals surface area contributed by atoms with E-state index in [1.165, 1.54) is 5.69 Å². The van der Waals surface area contributed by atoms with Crippen molar-refractivity contribution in [2.45, 2.75) is 76.7 Å². The highest BCUT2D eigenvalue weighted by molar-refractivity contribution is 6.06. The first-order valence-corrected chi connectivity index (χ1v) is 13.5. The zero-order valence-electron chi connectivity index (χ0n) is 22.2. The Morgan fingerprint density at radius 3 is 2.62 bits per heavy atom. The molecule has 0 bridgehead atoms. The Morgan fingerprint density at radius 1 is 1.16 bits per heavy atom. The van der Waals surface area contributed by atoms with Gasteiger partial charge in [0.15, 0.2) is 0 Å². The maximum Gasteiger partial charge on any atom is 0.255 e. The molecule has 198 valence electrons. The second-order valence-corrected chi connectivity index (χ2v) is 10.9. The molecule has 7 nitrogen and oxygen atoms in total. The van der Waals surface area contributed by atoms with E-state index in [4.69, 9.17) is 9.47 Å². The second-order valence-electron chi connectivity index (χ2n) is 10.9. The lowest BCUT2D eigenvalue weighted by Gasteiger charge is -2.33. The van der Waals surface area contributed by atoms with E-state index in [0.717, 1.165) is 79.6 Å². The molecule has 1 amide bonds. The first-order chi connectivity index (χ1) is 17.8. The third-order valence-corrected chi connectivity index (χ3v) is 8.01. The van der Waals surface area contributed by atoms with Gasteiger partial charge in [-0.3, -0.25) is 4.79 Å². The Bertz CT molecular complexity index is 1230. The van der Waals surface area contributed by atoms with Gasteiger partial charge in [-0.15, -0.1) is 0 Å². The summed E-state index contributed by atoms with van der Waals surface area (Å²) in [4.78, 5) is 13.0. The molecule has 7 heteroatoms. The number of aliphatic hydroxyl groups is 1. The summed E-state index contributed by atoms with van der Waals surface area (Å²) in [7, 11) is 2.08. The van der Waals surface area contributed by atoms with Crippen molar-refractivity contribution >= 4 is 22.5 Å². The van der Waals surface area contributed by atoms with Crippen LogP contribution in [0.25, 0.3) is 10.9 Å². The molecule has 1 aromatic heterocycles. The molecule has 2 fully saturated rings. The van der Waals surface area contributed by atoms with Crippen molar-refractivity contribution in [2.24, 2.45) is 7.05 Å². The van der Waals surface area contributed by atoms with Crippen LogP contribution in [0, 0.1) is 6.92 Å². The molecule has 5 rings (SSSR count). The SMILES string of the molecule is Cc1c(NC(=O)c2ccc(OC[C@@H]3CCCO3)cc2)ccc2cc(CN[C@H]3CC[C@](C)(O)CC3)n(C)c12. The number of carbonyl (C=O) groups excluding carboxylic acids is 1. The molecule has 1 saturated heterocycles. The minimum absolute atomic E-state index is 0.141. The van der Waals surface area contributed by atoms with Gasteiger partial charge in [0.2, 0.25) is 0 Å². The van der Waals surface area contributed by atoms with Crippen molar-refractivity contribution in [3.8, 4) is 5.75 Å². The van der Waals surface area contributed by atoms with Crippen LogP contribution in [0.15, 0.2) is 42.5 Å². The number of fused-ring (bicyclic) bond motifs is 1. The summed E-state index contributed by atoms with van der Waals surface area (Å²) in [5, 5.41) is 18.1. The van der Waals surface area contributed by atoms with Gasteiger partial charge < -0.3 is 29.8 Å². The van der Waals surface area contributed by atoms with Gasteiger partial charge in [-0.25, -0.2) is 0 Å². The van der Waals surface area contributed by atoms with Crippen molar-refractivity contribution in [2.75, 3.05) is 18.5 Å². The minimum Gasteiger partial charge on any atom is -0.491 e. The smallest absolute Gasteiger partial charge is 0.255 e. The fourth-order valence-electron chi connectivity index (χ4n) is 5.56. The Kier molecular flexibility index (Phi) is 7.56. The Labute approximate surface area is 219 Å². The van der Waals surface area contributed by atoms with E-state index < -0.39 is 5.60 Å². The molecular formula is C30H39N3O4. The monoisotopic (exact) mass is 505 g/mol. The number of aromatic nitrogens is 1. The third kappa shape index (κ3) is 6.00. The number of anilines is 1. The van der Waals surface area contributed by atoms with Crippen LogP contribution < -0.4 is 15.4 Å². The molecule has 37 heavy (non-hydrogen) atoms. The highest BCUT2D eigenvalue weighted by Gasteiger charge is 2.28. The minimum atomic E-state index is -0.518. The van der Waals surface area contributed by atoms with E-state index in [1.54, 1.807) is 12.1 Å². The number of carbonyl (C=O) groups is 1. The summed E-state index contributed by atoms with van der Waals surface area (Å²) < 4.78 is 13.6. The van der Waals surface area contributed by atoms with Gasteiger partial charge in [-0.2, -0.15) is 0 Å². The number of ether oxygens (including phenoxy) is 2. The van der Waals surface area contributed by atoms with Crippen molar-refractivity contribution in [3.05, 3.63) is 59.3 Å². The highest BCUT2D eigenvalue weighted by atomic mass is 16.5. The van der Waals surface area contributed by atoms with Gasteiger partial charge in [0.1, 0.15) is 12.4 Å². The number of hydrogen-bond donors (Lipinski definition) is 3. The van der Waals surface area contributed by atoms with Crippen molar-refractivity contribution in [3.63, 3.8) is 0 Å².